The van der Waals surface area contributed by atoms with E-state index in [1.807, 2.05) is 67.6 Å². The number of Topliss-reactive ketones (excluding diaryl/α,β-unsaturated/α-hetero) is 2. The van der Waals surface area contributed by atoms with Crippen molar-refractivity contribution in [1.29, 1.82) is 0 Å². The standard InChI is InChI=1S/C77H94N8O15/c1-9-45(3)68(88)82-67(77(5,6)7)74(94)84-43-57-40-63(84)71(91)80-60(36-49-23-26-51-17-11-12-18-53(51)34-49)70(90)81-61(76(97)98)35-48-24-29-58(30-25-48)99-31-15-16-32-100-59-41-64(85(44-59)72(92)50(10-2)38-65(86)46(4)78-8)73(93)83-42-55-20-14-13-19-54(55)37-62(83)66(87)39-56(75(95)96)33-47-21-27-52(28-22-47)69(89)79-57/h11-30,34,45-46,50,56-57,59-64,67,78H,9-10,31-33,35-44H2,1-8H3,(H,79,89)(H,80,91)(H,81,90)(H,82,88)(H,95,96)(H,97,98)/t45-,46+,50-,56-,57+,59+,60+,61+,62+,63+,64+,67-/m1/s1. The van der Waals surface area contributed by atoms with E-state index in [2.05, 4.69) is 26.6 Å². The summed E-state index contributed by atoms with van der Waals surface area (Å²) in [5, 5.41) is 37.5. The Bertz CT molecular complexity index is 3870. The van der Waals surface area contributed by atoms with Crippen LogP contribution in [-0.4, -0.2) is 178 Å². The van der Waals surface area contributed by atoms with E-state index in [0.717, 1.165) is 21.9 Å². The van der Waals surface area contributed by atoms with Crippen LogP contribution in [0.5, 0.6) is 5.75 Å². The molecule has 2 fully saturated rings. The van der Waals surface area contributed by atoms with Crippen molar-refractivity contribution in [2.45, 2.75) is 174 Å². The van der Waals surface area contributed by atoms with E-state index in [4.69, 9.17) is 9.47 Å². The van der Waals surface area contributed by atoms with Gasteiger partial charge in [-0.3, -0.25) is 47.9 Å². The zero-order chi connectivity index (χ0) is 72.1. The highest BCUT2D eigenvalue weighted by atomic mass is 16.5. The second-order valence-electron chi connectivity index (χ2n) is 28.1. The number of hydrogen-bond donors (Lipinski definition) is 7. The molecule has 0 unspecified atom stereocenters. The fourth-order valence-corrected chi connectivity index (χ4v) is 13.5. The van der Waals surface area contributed by atoms with Crippen LogP contribution in [-0.2, 0) is 84.9 Å². The van der Waals surface area contributed by atoms with E-state index in [1.54, 1.807) is 103 Å². The van der Waals surface area contributed by atoms with Crippen LogP contribution >= 0.6 is 0 Å². The van der Waals surface area contributed by atoms with Gasteiger partial charge < -0.3 is 61.0 Å². The van der Waals surface area contributed by atoms with E-state index in [0.29, 0.717) is 35.3 Å². The summed E-state index contributed by atoms with van der Waals surface area (Å²) in [6.45, 7) is 12.4. The summed E-state index contributed by atoms with van der Waals surface area (Å²) in [7, 11) is 1.66. The Labute approximate surface area is 583 Å². The number of carbonyl (C=O) groups excluding carboxylic acids is 9. The Morgan fingerprint density at radius 2 is 1.32 bits per heavy atom. The first-order valence-electron chi connectivity index (χ1n) is 34.7. The first-order chi connectivity index (χ1) is 47.7. The van der Waals surface area contributed by atoms with E-state index in [1.165, 1.54) is 26.8 Å². The second kappa shape index (κ2) is 33.5. The predicted molar refractivity (Wildman–Crippen MR) is 373 cm³/mol. The fourth-order valence-electron chi connectivity index (χ4n) is 13.5. The summed E-state index contributed by atoms with van der Waals surface area (Å²) in [4.78, 5) is 162. The Kier molecular flexibility index (Phi) is 25.0. The van der Waals surface area contributed by atoms with E-state index >= 15 is 14.4 Å². The minimum Gasteiger partial charge on any atom is -0.490 e. The van der Waals surface area contributed by atoms with Gasteiger partial charge in [0.25, 0.3) is 5.91 Å². The monoisotopic (exact) mass is 1370 g/mol. The van der Waals surface area contributed by atoms with Gasteiger partial charge in [-0.15, -0.1) is 0 Å². The molecule has 23 heteroatoms. The molecule has 7 aliphatic rings. The van der Waals surface area contributed by atoms with Gasteiger partial charge >= 0.3 is 11.9 Å². The zero-order valence-electron chi connectivity index (χ0n) is 58.2. The molecule has 0 radical (unpaired) electrons. The van der Waals surface area contributed by atoms with Gasteiger partial charge in [-0.25, -0.2) is 4.79 Å². The number of ketones is 2. The molecule has 7 amide bonds. The van der Waals surface area contributed by atoms with Gasteiger partial charge in [-0.2, -0.15) is 0 Å². The summed E-state index contributed by atoms with van der Waals surface area (Å²) >= 11 is 0. The summed E-state index contributed by atoms with van der Waals surface area (Å²) < 4.78 is 12.3. The van der Waals surface area contributed by atoms with Gasteiger partial charge in [-0.05, 0) is 114 Å². The van der Waals surface area contributed by atoms with Gasteiger partial charge in [-0.1, -0.05) is 139 Å². The SMILES string of the molecule is CC[C@H](CC(=O)[C@H](C)NC)C(=O)N1C[C@@H]2C[C@H]1C(=O)N1Cc3ccccc3C[C@H]1C(=O)C[C@H](C(=O)O)Cc1ccc(cc1)C(=O)N[C@H]1C[C@@H](C(=O)N[C@@H](Cc3ccc4ccccc4c3)C(=O)N[C@H](C(=O)O)Cc3ccc(cc3)OCC=CCO2)N(C(=O)[C@@H](NC(=O)[C@H](C)CC)C(C)(C)C)C1. The third kappa shape index (κ3) is 18.6. The Hall–Kier alpha value is -9.61. The molecule has 7 N–H and O–H groups in total. The fraction of sp³-hybridized carbons (Fsp3) is 0.468. The molecular weight excluding hydrogens is 1280 g/mol. The molecule has 532 valence electrons. The number of rotatable bonds is 14. The first-order valence-corrected chi connectivity index (χ1v) is 34.7. The summed E-state index contributed by atoms with van der Waals surface area (Å²) in [6, 6.07) is 24.3. The van der Waals surface area contributed by atoms with Crippen LogP contribution in [0.15, 0.2) is 127 Å². The number of likely N-dealkylation sites (N-methyl/N-ethyl adjacent to an activating group) is 1. The Morgan fingerprint density at radius 1 is 0.660 bits per heavy atom. The maximum atomic E-state index is 15.4. The molecule has 12 atom stereocenters. The number of benzene rings is 5. The number of carboxylic acids is 2. The number of ether oxygens (including phenoxy) is 2. The molecule has 0 aliphatic carbocycles. The molecule has 100 heavy (non-hydrogen) atoms. The van der Waals surface area contributed by atoms with E-state index in [9.17, 15) is 48.6 Å². The molecule has 0 spiro atoms. The minimum absolute atomic E-state index is 0.00291. The molecule has 5 aromatic rings. The molecule has 0 saturated carbocycles. The number of carboxylic acid groups (broad SMARTS) is 2. The number of likely N-dealkylation sites (tertiary alicyclic amines) is 2. The predicted octanol–water partition coefficient (Wildman–Crippen LogP) is 6.34. The highest BCUT2D eigenvalue weighted by Crippen LogP contribution is 2.34. The van der Waals surface area contributed by atoms with Crippen molar-refractivity contribution >= 4 is 75.6 Å². The molecule has 7 heterocycles. The molecule has 7 aliphatic heterocycles. The average molecular weight is 1370 g/mol. The lowest BCUT2D eigenvalue weighted by atomic mass is 9.85. The summed E-state index contributed by atoms with van der Waals surface area (Å²) in [5.41, 5.74) is 2.47. The molecular formula is C77H94N8O15. The number of aliphatic carboxylic acids is 2. The van der Waals surface area contributed by atoms with Gasteiger partial charge in [0.15, 0.2) is 5.78 Å². The van der Waals surface area contributed by atoms with Crippen LogP contribution in [0.2, 0.25) is 0 Å². The van der Waals surface area contributed by atoms with Crippen molar-refractivity contribution in [1.82, 2.24) is 41.3 Å². The van der Waals surface area contributed by atoms with Crippen molar-refractivity contribution in [3.63, 3.8) is 0 Å². The number of hydrogen-bond acceptors (Lipinski definition) is 14. The Balaban J connectivity index is 1.04. The van der Waals surface area contributed by atoms with E-state index < -0.39 is 137 Å². The lowest BCUT2D eigenvalue weighted by Gasteiger charge is -2.39. The van der Waals surface area contributed by atoms with Crippen LogP contribution in [0.4, 0.5) is 0 Å². The van der Waals surface area contributed by atoms with Gasteiger partial charge in [0.05, 0.1) is 30.7 Å². The number of amides is 7. The lowest BCUT2D eigenvalue weighted by molar-refractivity contribution is -0.151. The van der Waals surface area contributed by atoms with Gasteiger partial charge in [0.2, 0.25) is 35.4 Å². The third-order valence-corrected chi connectivity index (χ3v) is 19.9. The maximum absolute atomic E-state index is 15.4. The topological polar surface area (TPSA) is 317 Å². The largest absolute Gasteiger partial charge is 0.490 e. The summed E-state index contributed by atoms with van der Waals surface area (Å²) in [5.74, 6) is -9.49. The smallest absolute Gasteiger partial charge is 0.326 e. The van der Waals surface area contributed by atoms with E-state index in [-0.39, 0.29) is 95.0 Å². The molecule has 2 saturated heterocycles. The summed E-state index contributed by atoms with van der Waals surface area (Å²) in [6.07, 6.45) is 2.63. The second-order valence-corrected chi connectivity index (χ2v) is 28.1. The molecule has 5 aromatic carbocycles. The lowest BCUT2D eigenvalue weighted by Crippen LogP contribution is -2.60. The highest BCUT2D eigenvalue weighted by Gasteiger charge is 2.49. The van der Waals surface area contributed by atoms with Crippen molar-refractivity contribution in [2.24, 2.45) is 23.2 Å². The quantitative estimate of drug-likeness (QED) is 0.0597. The first kappa shape index (κ1) is 74.6. The maximum Gasteiger partial charge on any atom is 0.326 e. The third-order valence-electron chi connectivity index (χ3n) is 19.9. The molecule has 23 nitrogen and oxygen atoms in total. The molecule has 12 rings (SSSR count). The van der Waals surface area contributed by atoms with Gasteiger partial charge in [0.1, 0.15) is 48.3 Å². The van der Waals surface area contributed by atoms with Crippen LogP contribution in [0.3, 0.4) is 0 Å². The highest BCUT2D eigenvalue weighted by molar-refractivity contribution is 5.99. The molecule has 8 bridgehead atoms. The number of fused-ring (bicyclic) bond motifs is 2. The minimum atomic E-state index is -1.49. The number of nitrogens with zero attached hydrogens (tertiary/aromatic N) is 3. The average Bonchev–Trinajstić information content (AvgIpc) is 1.42. The van der Waals surface area contributed by atoms with Crippen LogP contribution < -0.4 is 31.3 Å². The zero-order valence-corrected chi connectivity index (χ0v) is 58.2. The van der Waals surface area contributed by atoms with Crippen molar-refractivity contribution in [2.75, 3.05) is 33.4 Å². The van der Waals surface area contributed by atoms with Crippen molar-refractivity contribution < 1.29 is 72.4 Å². The normalized spacial score (nSPS) is 23.4. The number of nitrogens with one attached hydrogen (secondary N) is 5. The number of carbonyl (C=O) groups is 11. The van der Waals surface area contributed by atoms with Crippen LogP contribution in [0.1, 0.15) is 125 Å². The van der Waals surface area contributed by atoms with Crippen LogP contribution in [0.25, 0.3) is 10.8 Å². The Morgan fingerprint density at radius 3 is 1.99 bits per heavy atom. The van der Waals surface area contributed by atoms with Crippen molar-refractivity contribution in [3.8, 4) is 5.75 Å². The van der Waals surface area contributed by atoms with Gasteiger partial charge in [0, 0.05) is 81.6 Å². The van der Waals surface area contributed by atoms with Crippen molar-refractivity contribution in [3.05, 3.63) is 161 Å². The van der Waals surface area contributed by atoms with Crippen LogP contribution in [0, 0.1) is 23.2 Å². The molecule has 0 aromatic heterocycles.